The molecule has 3 aromatic carbocycles. The molecule has 2 N–H and O–H groups in total. The maximum atomic E-state index is 12.9. The van der Waals surface area contributed by atoms with Gasteiger partial charge in [-0.3, -0.25) is 4.79 Å². The molecule has 0 heterocycles. The fourth-order valence-electron chi connectivity index (χ4n) is 2.80. The Labute approximate surface area is 180 Å². The molecule has 0 aromatic heterocycles. The van der Waals surface area contributed by atoms with Crippen molar-refractivity contribution in [1.29, 1.82) is 0 Å². The van der Waals surface area contributed by atoms with Crippen molar-refractivity contribution in [2.75, 3.05) is 5.32 Å². The first-order valence-corrected chi connectivity index (χ1v) is 9.80. The number of carbonyl (C=O) groups is 1. The molecule has 0 saturated carbocycles. The van der Waals surface area contributed by atoms with Gasteiger partial charge in [-0.05, 0) is 61.9 Å². The molecule has 0 unspecified atom stereocenters. The number of hydrogen-bond donors (Lipinski definition) is 2. The molecule has 4 nitrogen and oxygen atoms in total. The van der Waals surface area contributed by atoms with Gasteiger partial charge >= 0.3 is 0 Å². The van der Waals surface area contributed by atoms with E-state index in [0.29, 0.717) is 32.6 Å². The van der Waals surface area contributed by atoms with E-state index in [4.69, 9.17) is 27.9 Å². The molecule has 0 spiro atoms. The highest BCUT2D eigenvalue weighted by Gasteiger charge is 2.31. The van der Waals surface area contributed by atoms with E-state index in [1.807, 2.05) is 30.3 Å². The molecule has 150 valence electrons. The zero-order chi connectivity index (χ0) is 21.0. The number of anilines is 1. The molecule has 3 rings (SSSR count). The van der Waals surface area contributed by atoms with E-state index in [1.54, 1.807) is 56.3 Å². The second kappa shape index (κ2) is 8.87. The zero-order valence-corrected chi connectivity index (χ0v) is 17.5. The summed E-state index contributed by atoms with van der Waals surface area (Å²) in [4.78, 5) is 12.9. The molecule has 1 amide bonds. The number of aliphatic hydroxyl groups is 1. The van der Waals surface area contributed by atoms with Crippen molar-refractivity contribution in [2.24, 2.45) is 0 Å². The van der Waals surface area contributed by atoms with Crippen LogP contribution in [0, 0.1) is 0 Å². The van der Waals surface area contributed by atoms with Crippen molar-refractivity contribution < 1.29 is 14.6 Å². The van der Waals surface area contributed by atoms with Crippen molar-refractivity contribution >= 4 is 34.8 Å². The van der Waals surface area contributed by atoms with E-state index in [-0.39, 0.29) is 5.91 Å². The SMILES string of the molecule is CC(C)(Oc1ccc(Cl)cc1)C(=O)Nc1ccc(Cl)cc1[C@H](O)c1ccccc1. The van der Waals surface area contributed by atoms with Crippen LogP contribution in [0.25, 0.3) is 0 Å². The van der Waals surface area contributed by atoms with Crippen LogP contribution in [0.2, 0.25) is 10.0 Å². The Morgan fingerprint density at radius 1 is 0.966 bits per heavy atom. The quantitative estimate of drug-likeness (QED) is 0.514. The van der Waals surface area contributed by atoms with E-state index in [2.05, 4.69) is 5.32 Å². The topological polar surface area (TPSA) is 58.6 Å². The summed E-state index contributed by atoms with van der Waals surface area (Å²) in [6.07, 6.45) is -0.939. The molecule has 0 aliphatic rings. The largest absolute Gasteiger partial charge is 0.478 e. The van der Waals surface area contributed by atoms with Crippen LogP contribution in [0.15, 0.2) is 72.8 Å². The number of rotatable bonds is 6. The van der Waals surface area contributed by atoms with Gasteiger partial charge in [0.25, 0.3) is 5.91 Å². The Kier molecular flexibility index (Phi) is 6.48. The van der Waals surface area contributed by atoms with Crippen molar-refractivity contribution in [3.8, 4) is 5.75 Å². The van der Waals surface area contributed by atoms with Crippen LogP contribution in [0.5, 0.6) is 5.75 Å². The van der Waals surface area contributed by atoms with Crippen molar-refractivity contribution in [2.45, 2.75) is 25.6 Å². The smallest absolute Gasteiger partial charge is 0.267 e. The number of aliphatic hydroxyl groups excluding tert-OH is 1. The molecule has 0 radical (unpaired) electrons. The Hall–Kier alpha value is -2.53. The predicted molar refractivity (Wildman–Crippen MR) is 117 cm³/mol. The monoisotopic (exact) mass is 429 g/mol. The van der Waals surface area contributed by atoms with E-state index >= 15 is 0 Å². The summed E-state index contributed by atoms with van der Waals surface area (Å²) in [5, 5.41) is 14.7. The molecule has 1 atom stereocenters. The summed E-state index contributed by atoms with van der Waals surface area (Å²) in [6, 6.07) is 20.9. The van der Waals surface area contributed by atoms with Crippen LogP contribution in [-0.4, -0.2) is 16.6 Å². The van der Waals surface area contributed by atoms with Gasteiger partial charge < -0.3 is 15.2 Å². The second-order valence-electron chi connectivity index (χ2n) is 7.07. The second-order valence-corrected chi connectivity index (χ2v) is 7.94. The highest BCUT2D eigenvalue weighted by molar-refractivity contribution is 6.31. The molecule has 0 aliphatic heterocycles. The number of ether oxygens (including phenoxy) is 1. The number of nitrogens with one attached hydrogen (secondary N) is 1. The number of amides is 1. The normalized spacial score (nSPS) is 12.3. The van der Waals surface area contributed by atoms with Crippen LogP contribution < -0.4 is 10.1 Å². The van der Waals surface area contributed by atoms with E-state index < -0.39 is 11.7 Å². The third-order valence-electron chi connectivity index (χ3n) is 4.41. The van der Waals surface area contributed by atoms with Crippen molar-refractivity contribution in [3.63, 3.8) is 0 Å². The Morgan fingerprint density at radius 2 is 1.59 bits per heavy atom. The lowest BCUT2D eigenvalue weighted by Gasteiger charge is -2.26. The first-order chi connectivity index (χ1) is 13.8. The lowest BCUT2D eigenvalue weighted by atomic mass is 9.99. The lowest BCUT2D eigenvalue weighted by Crippen LogP contribution is -2.42. The molecule has 0 bridgehead atoms. The van der Waals surface area contributed by atoms with Gasteiger partial charge in [0, 0.05) is 21.3 Å². The van der Waals surface area contributed by atoms with Crippen LogP contribution in [-0.2, 0) is 4.79 Å². The minimum absolute atomic E-state index is 0.365. The van der Waals surface area contributed by atoms with Gasteiger partial charge in [-0.1, -0.05) is 53.5 Å². The average Bonchev–Trinajstić information content (AvgIpc) is 2.71. The van der Waals surface area contributed by atoms with Gasteiger partial charge in [0.2, 0.25) is 0 Å². The van der Waals surface area contributed by atoms with Gasteiger partial charge in [0.15, 0.2) is 5.60 Å². The van der Waals surface area contributed by atoms with Gasteiger partial charge in [-0.25, -0.2) is 0 Å². The van der Waals surface area contributed by atoms with Gasteiger partial charge in [0.05, 0.1) is 0 Å². The Morgan fingerprint density at radius 3 is 2.24 bits per heavy atom. The van der Waals surface area contributed by atoms with Gasteiger partial charge in [-0.15, -0.1) is 0 Å². The number of halogens is 2. The van der Waals surface area contributed by atoms with Crippen molar-refractivity contribution in [3.05, 3.63) is 94.0 Å². The first kappa shape index (κ1) is 21.2. The summed E-state index contributed by atoms with van der Waals surface area (Å²) in [5.41, 5.74) is 0.493. The molecule has 6 heteroatoms. The van der Waals surface area contributed by atoms with Crippen LogP contribution in [0.3, 0.4) is 0 Å². The number of carbonyl (C=O) groups excluding carboxylic acids is 1. The van der Waals surface area contributed by atoms with Crippen LogP contribution in [0.1, 0.15) is 31.1 Å². The highest BCUT2D eigenvalue weighted by atomic mass is 35.5. The summed E-state index contributed by atoms with van der Waals surface area (Å²) in [7, 11) is 0. The zero-order valence-electron chi connectivity index (χ0n) is 16.0. The summed E-state index contributed by atoms with van der Waals surface area (Å²) in [6.45, 7) is 3.33. The predicted octanol–water partition coefficient (Wildman–Crippen LogP) is 5.87. The fraction of sp³-hybridized carbons (Fsp3) is 0.174. The van der Waals surface area contributed by atoms with E-state index in [1.165, 1.54) is 0 Å². The minimum Gasteiger partial charge on any atom is -0.478 e. The fourth-order valence-corrected chi connectivity index (χ4v) is 3.11. The molecular weight excluding hydrogens is 409 g/mol. The third kappa shape index (κ3) is 5.30. The molecule has 29 heavy (non-hydrogen) atoms. The highest BCUT2D eigenvalue weighted by Crippen LogP contribution is 2.32. The third-order valence-corrected chi connectivity index (χ3v) is 4.89. The summed E-state index contributed by atoms with van der Waals surface area (Å²) < 4.78 is 5.84. The van der Waals surface area contributed by atoms with Crippen LogP contribution in [0.4, 0.5) is 5.69 Å². The maximum Gasteiger partial charge on any atom is 0.267 e. The molecule has 0 saturated heterocycles. The lowest BCUT2D eigenvalue weighted by molar-refractivity contribution is -0.128. The average molecular weight is 430 g/mol. The molecule has 3 aromatic rings. The maximum absolute atomic E-state index is 12.9. The minimum atomic E-state index is -1.16. The first-order valence-electron chi connectivity index (χ1n) is 9.05. The van der Waals surface area contributed by atoms with Crippen LogP contribution >= 0.6 is 23.2 Å². The van der Waals surface area contributed by atoms with Crippen molar-refractivity contribution in [1.82, 2.24) is 0 Å². The Bertz CT molecular complexity index is 989. The molecule has 0 fully saturated rings. The molecule has 0 aliphatic carbocycles. The Balaban J connectivity index is 1.83. The standard InChI is InChI=1S/C23H21Cl2NO3/c1-23(2,29-18-11-8-16(24)9-12-18)22(28)26-20-13-10-17(25)14-19(20)21(27)15-6-4-3-5-7-15/h3-14,21,27H,1-2H3,(H,26,28)/t21-/m1/s1. The summed E-state index contributed by atoms with van der Waals surface area (Å²) >= 11 is 12.0. The molecular formula is C23H21Cl2NO3. The van der Waals surface area contributed by atoms with Gasteiger partial charge in [-0.2, -0.15) is 0 Å². The van der Waals surface area contributed by atoms with E-state index in [0.717, 1.165) is 0 Å². The number of hydrogen-bond acceptors (Lipinski definition) is 3. The van der Waals surface area contributed by atoms with Gasteiger partial charge in [0.1, 0.15) is 11.9 Å². The number of benzene rings is 3. The van der Waals surface area contributed by atoms with E-state index in [9.17, 15) is 9.90 Å². The summed E-state index contributed by atoms with van der Waals surface area (Å²) in [5.74, 6) is 0.159.